The number of fused-ring (bicyclic) bond motifs is 1. The highest BCUT2D eigenvalue weighted by Gasteiger charge is 2.25. The molecule has 0 amide bonds. The minimum atomic E-state index is -1.14. The van der Waals surface area contributed by atoms with Crippen molar-refractivity contribution in [3.8, 4) is 5.82 Å². The first-order chi connectivity index (χ1) is 20.3. The molecule has 0 bridgehead atoms. The number of piperazine rings is 1. The third-order valence-corrected chi connectivity index (χ3v) is 8.18. The van der Waals surface area contributed by atoms with Gasteiger partial charge in [-0.3, -0.25) is 9.69 Å². The van der Waals surface area contributed by atoms with Crippen molar-refractivity contribution in [2.24, 2.45) is 0 Å². The molecule has 3 aromatic heterocycles. The fourth-order valence-corrected chi connectivity index (χ4v) is 5.89. The molecule has 0 aliphatic carbocycles. The van der Waals surface area contributed by atoms with Crippen molar-refractivity contribution in [2.45, 2.75) is 44.9 Å². The summed E-state index contributed by atoms with van der Waals surface area (Å²) in [4.78, 5) is 32.2. The molecular weight excluding hydrogens is 530 g/mol. The zero-order valence-electron chi connectivity index (χ0n) is 24.3. The summed E-state index contributed by atoms with van der Waals surface area (Å²) in [6, 6.07) is 14.4. The van der Waals surface area contributed by atoms with Gasteiger partial charge in [-0.25, -0.2) is 19.3 Å². The largest absolute Gasteiger partial charge is 0.384 e. The van der Waals surface area contributed by atoms with E-state index in [1.807, 2.05) is 12.1 Å². The lowest BCUT2D eigenvalue weighted by Gasteiger charge is -2.41. The fraction of sp³-hybridized carbons (Fsp3) is 0.419. The van der Waals surface area contributed by atoms with Crippen molar-refractivity contribution in [3.63, 3.8) is 0 Å². The van der Waals surface area contributed by atoms with Crippen molar-refractivity contribution in [1.82, 2.24) is 34.5 Å². The van der Waals surface area contributed by atoms with Crippen molar-refractivity contribution in [3.05, 3.63) is 77.4 Å². The van der Waals surface area contributed by atoms with Crippen LogP contribution in [-0.4, -0.2) is 79.6 Å². The van der Waals surface area contributed by atoms with Crippen LogP contribution < -0.4 is 21.1 Å². The minimum absolute atomic E-state index is 0.239. The van der Waals surface area contributed by atoms with Crippen LogP contribution in [0.3, 0.4) is 0 Å². The first-order valence-corrected chi connectivity index (χ1v) is 14.7. The Labute approximate surface area is 245 Å². The summed E-state index contributed by atoms with van der Waals surface area (Å²) in [6.07, 6.45) is 5.68. The molecule has 4 aromatic rings. The van der Waals surface area contributed by atoms with E-state index in [0.29, 0.717) is 34.5 Å². The fourth-order valence-electron chi connectivity index (χ4n) is 5.89. The van der Waals surface area contributed by atoms with E-state index in [1.54, 1.807) is 49.0 Å². The van der Waals surface area contributed by atoms with E-state index in [2.05, 4.69) is 49.1 Å². The predicted octanol–water partition coefficient (Wildman–Crippen LogP) is 3.01. The number of piperidine rings is 1. The Morgan fingerprint density at radius 1 is 1.07 bits per heavy atom. The summed E-state index contributed by atoms with van der Waals surface area (Å²) >= 11 is 0. The van der Waals surface area contributed by atoms with Gasteiger partial charge in [-0.05, 0) is 76.2 Å². The zero-order valence-corrected chi connectivity index (χ0v) is 24.3. The molecule has 6 rings (SSSR count). The van der Waals surface area contributed by atoms with Crippen molar-refractivity contribution >= 4 is 28.4 Å². The van der Waals surface area contributed by atoms with Gasteiger partial charge in [0.2, 0.25) is 5.95 Å². The molecule has 2 aliphatic rings. The molecule has 0 saturated carbocycles. The lowest BCUT2D eigenvalue weighted by atomic mass is 10.0. The zero-order chi connectivity index (χ0) is 29.3. The van der Waals surface area contributed by atoms with Crippen LogP contribution in [0, 0.1) is 0 Å². The molecule has 42 heavy (non-hydrogen) atoms. The molecule has 2 saturated heterocycles. The number of aromatic nitrogens is 5. The van der Waals surface area contributed by atoms with E-state index < -0.39 is 5.60 Å². The highest BCUT2D eigenvalue weighted by atomic mass is 16.3. The molecule has 0 atom stereocenters. The van der Waals surface area contributed by atoms with E-state index in [9.17, 15) is 9.90 Å². The van der Waals surface area contributed by atoms with Gasteiger partial charge in [-0.15, -0.1) is 6.58 Å². The van der Waals surface area contributed by atoms with E-state index in [0.717, 1.165) is 45.0 Å². The molecule has 0 radical (unpaired) electrons. The standard InChI is InChI=1S/C31H39N9O2/c1-4-16-39-29(41)25-21-33-30(36-28(25)40(39)27-7-5-6-26(35-27)31(2,3)42)34-22-8-10-23(11-9-22)37-17-19-38(20-18-37)24-12-14-32-15-13-24/h4-11,21,24,32,42H,1,12-20H2,2-3H3,(H,33,34,36). The van der Waals surface area contributed by atoms with Crippen LogP contribution >= 0.6 is 0 Å². The Balaban J connectivity index is 1.22. The number of benzene rings is 1. The molecule has 11 nitrogen and oxygen atoms in total. The number of rotatable bonds is 8. The number of hydrogen-bond donors (Lipinski definition) is 3. The monoisotopic (exact) mass is 569 g/mol. The molecule has 0 unspecified atom stereocenters. The third kappa shape index (κ3) is 5.67. The molecule has 2 aliphatic heterocycles. The number of hydrogen-bond acceptors (Lipinski definition) is 9. The van der Waals surface area contributed by atoms with Gasteiger partial charge in [0, 0.05) is 49.8 Å². The average Bonchev–Trinajstić information content (AvgIpc) is 3.28. The second kappa shape index (κ2) is 11.7. The maximum absolute atomic E-state index is 13.3. The molecular formula is C31H39N9O2. The summed E-state index contributed by atoms with van der Waals surface area (Å²) in [7, 11) is 0. The van der Waals surface area contributed by atoms with E-state index in [1.165, 1.54) is 23.2 Å². The molecule has 2 fully saturated rings. The maximum Gasteiger partial charge on any atom is 0.278 e. The van der Waals surface area contributed by atoms with Gasteiger partial charge in [0.05, 0.1) is 12.2 Å². The van der Waals surface area contributed by atoms with Crippen molar-refractivity contribution in [1.29, 1.82) is 0 Å². The van der Waals surface area contributed by atoms with Gasteiger partial charge in [0.25, 0.3) is 5.56 Å². The summed E-state index contributed by atoms with van der Waals surface area (Å²) in [5, 5.41) is 17.7. The van der Waals surface area contributed by atoms with Gasteiger partial charge < -0.3 is 20.6 Å². The highest BCUT2D eigenvalue weighted by Crippen LogP contribution is 2.24. The van der Waals surface area contributed by atoms with Crippen LogP contribution in [0.4, 0.5) is 17.3 Å². The Kier molecular flexibility index (Phi) is 7.80. The van der Waals surface area contributed by atoms with E-state index in [4.69, 9.17) is 4.98 Å². The first-order valence-electron chi connectivity index (χ1n) is 14.7. The molecule has 5 heterocycles. The van der Waals surface area contributed by atoms with Gasteiger partial charge in [0.15, 0.2) is 11.5 Å². The smallest absolute Gasteiger partial charge is 0.278 e. The number of allylic oxidation sites excluding steroid dienone is 1. The van der Waals surface area contributed by atoms with E-state index in [-0.39, 0.29) is 12.1 Å². The van der Waals surface area contributed by atoms with E-state index >= 15 is 0 Å². The van der Waals surface area contributed by atoms with Crippen LogP contribution in [0.25, 0.3) is 16.9 Å². The van der Waals surface area contributed by atoms with Crippen molar-refractivity contribution in [2.75, 3.05) is 49.5 Å². The van der Waals surface area contributed by atoms with Crippen LogP contribution in [0.1, 0.15) is 32.4 Å². The second-order valence-electron chi connectivity index (χ2n) is 11.5. The first kappa shape index (κ1) is 28.1. The van der Waals surface area contributed by atoms with Gasteiger partial charge in [-0.1, -0.05) is 12.1 Å². The van der Waals surface area contributed by atoms with Crippen LogP contribution in [0.15, 0.2) is 66.1 Å². The Bertz CT molecular complexity index is 1610. The molecule has 1 aromatic carbocycles. The SMILES string of the molecule is C=CCn1c(=O)c2cnc(Nc3ccc(N4CCN(C5CCNCC5)CC4)cc3)nc2n1-c1cccc(C(C)(C)O)n1. The Morgan fingerprint density at radius 3 is 2.50 bits per heavy atom. The quantitative estimate of drug-likeness (QED) is 0.275. The van der Waals surface area contributed by atoms with Crippen LogP contribution in [0.5, 0.6) is 0 Å². The molecule has 220 valence electrons. The lowest BCUT2D eigenvalue weighted by molar-refractivity contribution is 0.0738. The Hall–Kier alpha value is -4.06. The molecule has 0 spiro atoms. The minimum Gasteiger partial charge on any atom is -0.384 e. The number of nitrogens with one attached hydrogen (secondary N) is 2. The topological polar surface area (TPSA) is 116 Å². The molecule has 11 heteroatoms. The normalized spacial score (nSPS) is 17.1. The number of pyridine rings is 1. The number of aliphatic hydroxyl groups is 1. The second-order valence-corrected chi connectivity index (χ2v) is 11.5. The number of anilines is 3. The van der Waals surface area contributed by atoms with Crippen LogP contribution in [0.2, 0.25) is 0 Å². The predicted molar refractivity (Wildman–Crippen MR) is 166 cm³/mol. The lowest BCUT2D eigenvalue weighted by Crippen LogP contribution is -2.52. The summed E-state index contributed by atoms with van der Waals surface area (Å²) in [6.45, 7) is 13.9. The summed E-state index contributed by atoms with van der Waals surface area (Å²) in [5.41, 5.74) is 1.58. The Morgan fingerprint density at radius 2 is 1.81 bits per heavy atom. The molecule has 3 N–H and O–H groups in total. The maximum atomic E-state index is 13.3. The highest BCUT2D eigenvalue weighted by molar-refractivity contribution is 5.77. The van der Waals surface area contributed by atoms with Gasteiger partial charge >= 0.3 is 0 Å². The van der Waals surface area contributed by atoms with Gasteiger partial charge in [-0.2, -0.15) is 4.98 Å². The van der Waals surface area contributed by atoms with Gasteiger partial charge in [0.1, 0.15) is 11.0 Å². The van der Waals surface area contributed by atoms with Crippen molar-refractivity contribution < 1.29 is 5.11 Å². The summed E-state index contributed by atoms with van der Waals surface area (Å²) < 4.78 is 3.18. The third-order valence-electron chi connectivity index (χ3n) is 8.18. The average molecular weight is 570 g/mol. The number of nitrogens with zero attached hydrogens (tertiary/aromatic N) is 7. The summed E-state index contributed by atoms with van der Waals surface area (Å²) in [5.74, 6) is 0.840. The van der Waals surface area contributed by atoms with Crippen LogP contribution in [-0.2, 0) is 12.1 Å².